The van der Waals surface area contributed by atoms with Crippen molar-refractivity contribution in [3.8, 4) is 11.5 Å². The summed E-state index contributed by atoms with van der Waals surface area (Å²) in [6.07, 6.45) is 3.18. The molecule has 1 aliphatic carbocycles. The van der Waals surface area contributed by atoms with Crippen LogP contribution >= 0.6 is 0 Å². The highest BCUT2D eigenvalue weighted by molar-refractivity contribution is 7.89. The molecule has 1 saturated carbocycles. The van der Waals surface area contributed by atoms with Gasteiger partial charge in [-0.1, -0.05) is 0 Å². The van der Waals surface area contributed by atoms with Crippen molar-refractivity contribution in [2.45, 2.75) is 24.2 Å². The number of hydrogen-bond donors (Lipinski definition) is 1. The van der Waals surface area contributed by atoms with Crippen molar-refractivity contribution in [1.29, 1.82) is 0 Å². The van der Waals surface area contributed by atoms with Crippen molar-refractivity contribution in [2.75, 3.05) is 33.0 Å². The van der Waals surface area contributed by atoms with Crippen LogP contribution in [0.3, 0.4) is 0 Å². The summed E-state index contributed by atoms with van der Waals surface area (Å²) in [6, 6.07) is 4.65. The van der Waals surface area contributed by atoms with Gasteiger partial charge in [-0.05, 0) is 37.3 Å². The molecule has 0 saturated heterocycles. The molecule has 1 aromatic rings. The Bertz CT molecular complexity index is 612. The number of fused-ring (bicyclic) bond motifs is 1. The van der Waals surface area contributed by atoms with Crippen molar-refractivity contribution < 1.29 is 22.6 Å². The average molecular weight is 327 g/mol. The minimum absolute atomic E-state index is 0.190. The Kier molecular flexibility index (Phi) is 4.85. The zero-order valence-corrected chi connectivity index (χ0v) is 13.2. The Morgan fingerprint density at radius 1 is 1.18 bits per heavy atom. The smallest absolute Gasteiger partial charge is 0.240 e. The molecule has 122 valence electrons. The Balaban J connectivity index is 1.48. The standard InChI is InChI=1S/C15H21NO5S/c17-22(18,16-6-1-7-19-11-12-2-3-12)13-4-5-14-15(10-13)21-9-8-20-14/h4-5,10,12,16H,1-3,6-9,11H2. The quantitative estimate of drug-likeness (QED) is 0.733. The summed E-state index contributed by atoms with van der Waals surface area (Å²) in [7, 11) is -3.53. The zero-order valence-electron chi connectivity index (χ0n) is 12.4. The number of ether oxygens (including phenoxy) is 3. The maximum Gasteiger partial charge on any atom is 0.240 e. The van der Waals surface area contributed by atoms with E-state index in [1.54, 1.807) is 6.07 Å². The molecule has 0 aromatic heterocycles. The average Bonchev–Trinajstić information content (AvgIpc) is 3.34. The second-order valence-electron chi connectivity index (χ2n) is 5.58. The third-order valence-corrected chi connectivity index (χ3v) is 5.09. The second kappa shape index (κ2) is 6.85. The maximum atomic E-state index is 12.2. The topological polar surface area (TPSA) is 73.9 Å². The fourth-order valence-electron chi connectivity index (χ4n) is 2.19. The molecule has 2 aliphatic rings. The Labute approximate surface area is 130 Å². The lowest BCUT2D eigenvalue weighted by molar-refractivity contribution is 0.123. The van der Waals surface area contributed by atoms with Crippen LogP contribution in [0.25, 0.3) is 0 Å². The molecular formula is C15H21NO5S. The highest BCUT2D eigenvalue weighted by Gasteiger charge is 2.21. The minimum atomic E-state index is -3.53. The summed E-state index contributed by atoms with van der Waals surface area (Å²) in [5, 5.41) is 0. The predicted molar refractivity (Wildman–Crippen MR) is 80.8 cm³/mol. The van der Waals surface area contributed by atoms with Crippen LogP contribution < -0.4 is 14.2 Å². The number of benzene rings is 1. The van der Waals surface area contributed by atoms with Gasteiger partial charge in [0, 0.05) is 25.8 Å². The lowest BCUT2D eigenvalue weighted by atomic mass is 10.3. The van der Waals surface area contributed by atoms with Crippen molar-refractivity contribution in [3.63, 3.8) is 0 Å². The van der Waals surface area contributed by atoms with Gasteiger partial charge in [0.2, 0.25) is 10.0 Å². The van der Waals surface area contributed by atoms with E-state index < -0.39 is 10.0 Å². The highest BCUT2D eigenvalue weighted by Crippen LogP contribution is 2.32. The lowest BCUT2D eigenvalue weighted by Gasteiger charge is -2.18. The molecule has 6 nitrogen and oxygen atoms in total. The molecule has 7 heteroatoms. The van der Waals surface area contributed by atoms with Crippen LogP contribution in [-0.4, -0.2) is 41.4 Å². The summed E-state index contributed by atoms with van der Waals surface area (Å²) < 4.78 is 43.3. The van der Waals surface area contributed by atoms with Crippen molar-refractivity contribution in [3.05, 3.63) is 18.2 Å². The van der Waals surface area contributed by atoms with Crippen LogP contribution in [0.15, 0.2) is 23.1 Å². The fraction of sp³-hybridized carbons (Fsp3) is 0.600. The third kappa shape index (κ3) is 4.12. The van der Waals surface area contributed by atoms with E-state index in [1.165, 1.54) is 25.0 Å². The molecular weight excluding hydrogens is 306 g/mol. The van der Waals surface area contributed by atoms with Crippen LogP contribution in [-0.2, 0) is 14.8 Å². The molecule has 0 radical (unpaired) electrons. The molecule has 0 atom stereocenters. The first-order chi connectivity index (χ1) is 10.6. The second-order valence-corrected chi connectivity index (χ2v) is 7.34. The van der Waals surface area contributed by atoms with Gasteiger partial charge in [-0.2, -0.15) is 0 Å². The van der Waals surface area contributed by atoms with Gasteiger partial charge in [-0.3, -0.25) is 0 Å². The van der Waals surface area contributed by atoms with Gasteiger partial charge in [0.1, 0.15) is 13.2 Å². The van der Waals surface area contributed by atoms with E-state index >= 15 is 0 Å². The largest absolute Gasteiger partial charge is 0.486 e. The summed E-state index contributed by atoms with van der Waals surface area (Å²) in [5.41, 5.74) is 0. The molecule has 1 aromatic carbocycles. The minimum Gasteiger partial charge on any atom is -0.486 e. The Morgan fingerprint density at radius 3 is 2.73 bits per heavy atom. The summed E-state index contributed by atoms with van der Waals surface area (Å²) in [4.78, 5) is 0.190. The normalized spacial score (nSPS) is 17.5. The summed E-state index contributed by atoms with van der Waals surface area (Å²) in [5.74, 6) is 1.79. The van der Waals surface area contributed by atoms with E-state index in [4.69, 9.17) is 14.2 Å². The van der Waals surface area contributed by atoms with Crippen LogP contribution in [0.4, 0.5) is 0 Å². The molecule has 22 heavy (non-hydrogen) atoms. The van der Waals surface area contributed by atoms with Gasteiger partial charge in [-0.25, -0.2) is 13.1 Å². The monoisotopic (exact) mass is 327 g/mol. The SMILES string of the molecule is O=S(=O)(NCCCOCC1CC1)c1ccc2c(c1)OCCO2. The zero-order chi connectivity index (χ0) is 15.4. The first-order valence-electron chi connectivity index (χ1n) is 7.62. The van der Waals surface area contributed by atoms with Crippen LogP contribution in [0.5, 0.6) is 11.5 Å². The van der Waals surface area contributed by atoms with E-state index in [1.807, 2.05) is 0 Å². The molecule has 1 aliphatic heterocycles. The third-order valence-electron chi connectivity index (χ3n) is 3.63. The number of hydrogen-bond acceptors (Lipinski definition) is 5. The van der Waals surface area contributed by atoms with Gasteiger partial charge < -0.3 is 14.2 Å². The van der Waals surface area contributed by atoms with Gasteiger partial charge in [0.05, 0.1) is 4.90 Å². The predicted octanol–water partition coefficient (Wildman–Crippen LogP) is 1.55. The van der Waals surface area contributed by atoms with E-state index in [2.05, 4.69) is 4.72 Å². The van der Waals surface area contributed by atoms with Crippen molar-refractivity contribution in [2.24, 2.45) is 5.92 Å². The van der Waals surface area contributed by atoms with Crippen LogP contribution in [0.1, 0.15) is 19.3 Å². The van der Waals surface area contributed by atoms with E-state index in [0.717, 1.165) is 12.5 Å². The Morgan fingerprint density at radius 2 is 1.95 bits per heavy atom. The fourth-order valence-corrected chi connectivity index (χ4v) is 3.28. The van der Waals surface area contributed by atoms with Crippen molar-refractivity contribution >= 4 is 10.0 Å². The molecule has 0 amide bonds. The van der Waals surface area contributed by atoms with Crippen molar-refractivity contribution in [1.82, 2.24) is 4.72 Å². The number of sulfonamides is 1. The summed E-state index contributed by atoms with van der Waals surface area (Å²) in [6.45, 7) is 2.66. The van der Waals surface area contributed by atoms with Gasteiger partial charge in [0.15, 0.2) is 11.5 Å². The first kappa shape index (κ1) is 15.6. The molecule has 0 bridgehead atoms. The number of rotatable bonds is 8. The number of nitrogens with one attached hydrogen (secondary N) is 1. The van der Waals surface area contributed by atoms with Crippen LogP contribution in [0, 0.1) is 5.92 Å². The molecule has 1 fully saturated rings. The van der Waals surface area contributed by atoms with Crippen LogP contribution in [0.2, 0.25) is 0 Å². The highest BCUT2D eigenvalue weighted by atomic mass is 32.2. The first-order valence-corrected chi connectivity index (χ1v) is 9.10. The molecule has 0 spiro atoms. The maximum absolute atomic E-state index is 12.2. The van der Waals surface area contributed by atoms with E-state index in [0.29, 0.717) is 44.3 Å². The van der Waals surface area contributed by atoms with E-state index in [-0.39, 0.29) is 4.90 Å². The molecule has 1 heterocycles. The lowest BCUT2D eigenvalue weighted by Crippen LogP contribution is -2.26. The molecule has 0 unspecified atom stereocenters. The van der Waals surface area contributed by atoms with Gasteiger partial charge in [-0.15, -0.1) is 0 Å². The molecule has 3 rings (SSSR count). The Hall–Kier alpha value is -1.31. The van der Waals surface area contributed by atoms with Gasteiger partial charge in [0.25, 0.3) is 0 Å². The van der Waals surface area contributed by atoms with Gasteiger partial charge >= 0.3 is 0 Å². The molecule has 1 N–H and O–H groups in total. The van der Waals surface area contributed by atoms with E-state index in [9.17, 15) is 8.42 Å². The summed E-state index contributed by atoms with van der Waals surface area (Å²) >= 11 is 0.